The van der Waals surface area contributed by atoms with E-state index in [0.717, 1.165) is 20.8 Å². The van der Waals surface area contributed by atoms with Crippen molar-refractivity contribution in [2.75, 3.05) is 39.6 Å². The zero-order chi connectivity index (χ0) is 53.4. The lowest BCUT2D eigenvalue weighted by Gasteiger charge is -2.50. The molecule has 71 heavy (non-hydrogen) atoms. The molecule has 0 aliphatic carbocycles. The van der Waals surface area contributed by atoms with Crippen molar-refractivity contribution in [3.05, 3.63) is 0 Å². The van der Waals surface area contributed by atoms with Crippen LogP contribution in [0.5, 0.6) is 0 Å². The number of nitrogens with one attached hydrogen (secondary N) is 3. The molecule has 4 aliphatic heterocycles. The lowest BCUT2D eigenvalue weighted by atomic mass is 9.88. The Balaban J connectivity index is 1.58. The zero-order valence-corrected chi connectivity index (χ0v) is 38.3. The Labute approximate surface area is 402 Å². The number of carbonyl (C=O) groups excluding carboxylic acids is 3. The van der Waals surface area contributed by atoms with E-state index in [4.69, 9.17) is 37.9 Å². The van der Waals surface area contributed by atoms with Gasteiger partial charge in [0.2, 0.25) is 17.7 Å². The average molecular weight is 1040 g/mol. The number of aliphatic hydroxyl groups is 16. The van der Waals surface area contributed by atoms with Crippen molar-refractivity contribution in [3.8, 4) is 0 Å². The molecule has 0 radical (unpaired) electrons. The summed E-state index contributed by atoms with van der Waals surface area (Å²) in [5.41, 5.74) is 0. The summed E-state index contributed by atoms with van der Waals surface area (Å²) in [5.74, 6) is -7.35. The maximum atomic E-state index is 12.7. The Bertz CT molecular complexity index is 1730. The van der Waals surface area contributed by atoms with E-state index in [2.05, 4.69) is 16.0 Å². The smallest absolute Gasteiger partial charge is 0.364 e. The zero-order valence-electron chi connectivity index (χ0n) is 38.3. The van der Waals surface area contributed by atoms with Gasteiger partial charge in [0.15, 0.2) is 18.9 Å². The van der Waals surface area contributed by atoms with Crippen LogP contribution in [0.15, 0.2) is 0 Å². The van der Waals surface area contributed by atoms with Gasteiger partial charge in [0, 0.05) is 27.2 Å². The number of carbonyl (C=O) groups is 4. The Morgan fingerprint density at radius 1 is 0.620 bits per heavy atom. The van der Waals surface area contributed by atoms with Crippen molar-refractivity contribution in [2.45, 2.75) is 180 Å². The molecule has 4 heterocycles. The highest BCUT2D eigenvalue weighted by atomic mass is 16.8. The van der Waals surface area contributed by atoms with Crippen LogP contribution in [0.2, 0.25) is 0 Å². The van der Waals surface area contributed by atoms with Gasteiger partial charge in [0.05, 0.1) is 57.8 Å². The Kier molecular flexibility index (Phi) is 22.5. The Morgan fingerprint density at radius 2 is 1.18 bits per heavy atom. The van der Waals surface area contributed by atoms with Gasteiger partial charge >= 0.3 is 5.97 Å². The van der Waals surface area contributed by atoms with Crippen LogP contribution in [-0.4, -0.2) is 303 Å². The van der Waals surface area contributed by atoms with Crippen LogP contribution in [-0.2, 0) is 57.1 Å². The lowest BCUT2D eigenvalue weighted by molar-refractivity contribution is -0.375. The molecular weight excluding hydrogens is 974 g/mol. The predicted octanol–water partition coefficient (Wildman–Crippen LogP) is -12.7. The van der Waals surface area contributed by atoms with Crippen LogP contribution >= 0.6 is 0 Å². The second kappa shape index (κ2) is 26.4. The third-order valence-electron chi connectivity index (χ3n) is 12.2. The van der Waals surface area contributed by atoms with E-state index in [1.54, 1.807) is 0 Å². The first-order chi connectivity index (χ1) is 33.3. The molecule has 3 amide bonds. The summed E-state index contributed by atoms with van der Waals surface area (Å²) in [6.07, 6.45) is -43.6. The van der Waals surface area contributed by atoms with Crippen molar-refractivity contribution >= 4 is 23.7 Å². The summed E-state index contributed by atoms with van der Waals surface area (Å²) in [5, 5.41) is 187. The fourth-order valence-electron chi connectivity index (χ4n) is 8.42. The van der Waals surface area contributed by atoms with Gasteiger partial charge in [-0.05, 0) is 0 Å². The predicted molar refractivity (Wildman–Crippen MR) is 221 cm³/mol. The number of rotatable bonds is 23. The SMILES string of the molecule is CC(=O)N[C@H]1[C@H](O[C@H]2[C@@H](O)[C@@H](CO)O[C@@H](O[C@@H]([C@H](O)[C@H](CO)NC(C)=O)[C@H](O)CO)[C@@H]2O)O[C@H](CO)[C@@H](O[C@@H]2O[C@H](CO[C@]3(C(=O)O)C[C@H](O)[C@@H](NC(C)=O)[C@H]([C@H](O)[C@H](O)CO)O3)[C@H](O)[C@H](O)[C@H]2O)[C@@H]1O. The summed E-state index contributed by atoms with van der Waals surface area (Å²) in [6, 6.07) is -4.94. The molecule has 0 aromatic carbocycles. The standard InChI is InChI=1S/C39H67N3O29/c1-11(48)40-14(5-43)23(54)31(17(53)7-45)68-37-30(61)34(26(57)18(8-46)65-37)70-35-22(42-13(3)50)27(58)32(19(9-47)66-35)69-36-29(60)28(59)25(56)20(67-36)10-64-39(38(62)63)4-15(51)21(41-12(2)49)33(71-39)24(55)16(52)6-44/h14-37,43-47,51-61H,4-10H2,1-3H3,(H,40,48)(H,41,49)(H,42,50)(H,62,63)/t14-,15-,16+,17+,18+,19+,20+,21+,22+,23+,24+,25-,26-,27+,28-,29+,30+,31+,32+,33+,34-,35-,36-,37-,39+/m0/s1. The van der Waals surface area contributed by atoms with Crippen LogP contribution in [0.4, 0.5) is 0 Å². The van der Waals surface area contributed by atoms with E-state index in [-0.39, 0.29) is 0 Å². The van der Waals surface area contributed by atoms with Gasteiger partial charge in [-0.2, -0.15) is 0 Å². The molecule has 32 nitrogen and oxygen atoms in total. The van der Waals surface area contributed by atoms with E-state index in [1.165, 1.54) is 0 Å². The van der Waals surface area contributed by atoms with Gasteiger partial charge < -0.3 is 141 Å². The number of hydrogen-bond acceptors (Lipinski definition) is 28. The molecule has 20 N–H and O–H groups in total. The highest BCUT2D eigenvalue weighted by molar-refractivity contribution is 5.76. The number of hydrogen-bond donors (Lipinski definition) is 20. The first kappa shape index (κ1) is 60.5. The van der Waals surface area contributed by atoms with Gasteiger partial charge in [-0.1, -0.05) is 0 Å². The first-order valence-corrected chi connectivity index (χ1v) is 22.1. The number of ether oxygens (including phenoxy) is 8. The van der Waals surface area contributed by atoms with E-state index >= 15 is 0 Å². The molecule has 412 valence electrons. The van der Waals surface area contributed by atoms with Crippen molar-refractivity contribution in [1.82, 2.24) is 16.0 Å². The Hall–Kier alpha value is -3.08. The van der Waals surface area contributed by atoms with Crippen molar-refractivity contribution < 1.29 is 144 Å². The normalized spacial score (nSPS) is 40.3. The third kappa shape index (κ3) is 14.2. The minimum absolute atomic E-state index is 0.740. The van der Waals surface area contributed by atoms with Gasteiger partial charge in [0.25, 0.3) is 5.79 Å². The molecule has 0 unspecified atom stereocenters. The van der Waals surface area contributed by atoms with Gasteiger partial charge in [-0.3, -0.25) is 14.4 Å². The molecule has 0 aromatic heterocycles. The molecule has 0 saturated carbocycles. The van der Waals surface area contributed by atoms with Crippen LogP contribution < -0.4 is 16.0 Å². The van der Waals surface area contributed by atoms with Crippen LogP contribution in [0, 0.1) is 0 Å². The van der Waals surface area contributed by atoms with Crippen molar-refractivity contribution in [2.24, 2.45) is 0 Å². The number of carboxylic acids is 1. The second-order valence-corrected chi connectivity index (χ2v) is 17.4. The van der Waals surface area contributed by atoms with E-state index in [9.17, 15) is 106 Å². The molecule has 25 atom stereocenters. The number of amides is 3. The van der Waals surface area contributed by atoms with E-state index < -0.39 is 222 Å². The monoisotopic (exact) mass is 1040 g/mol. The number of aliphatic hydroxyl groups excluding tert-OH is 16. The maximum Gasteiger partial charge on any atom is 0.364 e. The minimum Gasteiger partial charge on any atom is -0.477 e. The largest absolute Gasteiger partial charge is 0.477 e. The molecule has 4 rings (SSSR count). The number of aliphatic carboxylic acids is 1. The van der Waals surface area contributed by atoms with Gasteiger partial charge in [-0.25, -0.2) is 4.79 Å². The highest BCUT2D eigenvalue weighted by Crippen LogP contribution is 2.37. The van der Waals surface area contributed by atoms with Gasteiger partial charge in [0.1, 0.15) is 110 Å². The third-order valence-corrected chi connectivity index (χ3v) is 12.2. The lowest BCUT2D eigenvalue weighted by Crippen LogP contribution is -2.70. The average Bonchev–Trinajstić information content (AvgIpc) is 3.32. The highest BCUT2D eigenvalue weighted by Gasteiger charge is 2.58. The molecule has 0 aromatic rings. The molecule has 0 spiro atoms. The maximum absolute atomic E-state index is 12.7. The topological polar surface area (TPSA) is 522 Å². The summed E-state index contributed by atoms with van der Waals surface area (Å²) >= 11 is 0. The molecule has 4 saturated heterocycles. The molecule has 0 bridgehead atoms. The molecular formula is C39H67N3O29. The van der Waals surface area contributed by atoms with Crippen LogP contribution in [0.3, 0.4) is 0 Å². The molecule has 32 heteroatoms. The van der Waals surface area contributed by atoms with Crippen LogP contribution in [0.25, 0.3) is 0 Å². The first-order valence-electron chi connectivity index (χ1n) is 22.1. The van der Waals surface area contributed by atoms with Crippen LogP contribution in [0.1, 0.15) is 27.2 Å². The summed E-state index contributed by atoms with van der Waals surface area (Å²) in [6.45, 7) is -3.32. The van der Waals surface area contributed by atoms with E-state index in [0.29, 0.717) is 0 Å². The minimum atomic E-state index is -2.97. The quantitative estimate of drug-likeness (QED) is 0.0452. The summed E-state index contributed by atoms with van der Waals surface area (Å²) in [4.78, 5) is 48.8. The van der Waals surface area contributed by atoms with Crippen molar-refractivity contribution in [1.29, 1.82) is 0 Å². The van der Waals surface area contributed by atoms with E-state index in [1.807, 2.05) is 0 Å². The molecule has 4 aliphatic rings. The van der Waals surface area contributed by atoms with Crippen molar-refractivity contribution in [3.63, 3.8) is 0 Å². The molecule has 4 fully saturated rings. The second-order valence-electron chi connectivity index (χ2n) is 17.4. The summed E-state index contributed by atoms with van der Waals surface area (Å²) in [7, 11) is 0. The summed E-state index contributed by atoms with van der Waals surface area (Å²) < 4.78 is 45.3. The Morgan fingerprint density at radius 3 is 1.72 bits per heavy atom. The fourth-order valence-corrected chi connectivity index (χ4v) is 8.42. The number of carboxylic acid groups (broad SMARTS) is 1. The van der Waals surface area contributed by atoms with Gasteiger partial charge in [-0.15, -0.1) is 0 Å². The fraction of sp³-hybridized carbons (Fsp3) is 0.897.